The number of likely N-dealkylation sites (N-methyl/N-ethyl adjacent to an activating group) is 1. The molecule has 0 aromatic carbocycles. The highest BCUT2D eigenvalue weighted by Gasteiger charge is 2.28. The van der Waals surface area contributed by atoms with Crippen molar-refractivity contribution in [2.45, 2.75) is 77.8 Å². The lowest BCUT2D eigenvalue weighted by molar-refractivity contribution is 0.177. The molecule has 1 heterocycles. The van der Waals surface area contributed by atoms with Gasteiger partial charge in [-0.1, -0.05) is 13.8 Å². The van der Waals surface area contributed by atoms with Gasteiger partial charge in [-0.25, -0.2) is 4.79 Å². The van der Waals surface area contributed by atoms with Gasteiger partial charge in [0.05, 0.1) is 6.17 Å². The summed E-state index contributed by atoms with van der Waals surface area (Å²) in [5.41, 5.74) is 0. The van der Waals surface area contributed by atoms with Gasteiger partial charge in [-0.05, 0) is 58.3 Å². The molecule has 6 atom stereocenters. The zero-order chi connectivity index (χ0) is 20.0. The number of urea groups is 1. The fourth-order valence-electron chi connectivity index (χ4n) is 3.89. The van der Waals surface area contributed by atoms with Crippen LogP contribution in [0.4, 0.5) is 4.79 Å². The summed E-state index contributed by atoms with van der Waals surface area (Å²) in [6.45, 7) is 9.97. The maximum atomic E-state index is 12.4. The molecule has 1 saturated carbocycles. The van der Waals surface area contributed by atoms with E-state index in [4.69, 9.17) is 0 Å². The zero-order valence-electron chi connectivity index (χ0n) is 17.6. The third kappa shape index (κ3) is 7.58. The summed E-state index contributed by atoms with van der Waals surface area (Å²) in [6, 6.07) is 0.440. The van der Waals surface area contributed by atoms with Crippen LogP contribution in [0.1, 0.15) is 46.5 Å². The lowest BCUT2D eigenvalue weighted by atomic mass is 9.79. The Bertz CT molecular complexity index is 469. The lowest BCUT2D eigenvalue weighted by Gasteiger charge is -2.38. The number of hydrogen-bond acceptors (Lipinski definition) is 6. The average molecular weight is 382 g/mol. The molecular weight excluding hydrogens is 343 g/mol. The molecule has 8 nitrogen and oxygen atoms in total. The van der Waals surface area contributed by atoms with Crippen molar-refractivity contribution in [1.29, 1.82) is 0 Å². The summed E-state index contributed by atoms with van der Waals surface area (Å²) < 4.78 is 0. The zero-order valence-corrected chi connectivity index (χ0v) is 17.6. The fraction of sp³-hybridized carbons (Fsp3) is 0.944. The van der Waals surface area contributed by atoms with Crippen LogP contribution in [0.25, 0.3) is 0 Å². The molecule has 2 rings (SSSR count). The second-order valence-electron chi connectivity index (χ2n) is 8.60. The molecule has 9 heteroatoms. The standard InChI is InChI=1S/C18H39BN6O2/c1-12-6-7-15(10-13(12)2)22-18(26)24-17-21-14(3)11-16(23-17)20-8-9-25(5)19(4)27/h12-17,20-21,23,27H,6-11H2,1-5H3,(H2,22,24,26). The van der Waals surface area contributed by atoms with Crippen molar-refractivity contribution in [3.05, 3.63) is 0 Å². The summed E-state index contributed by atoms with van der Waals surface area (Å²) in [4.78, 5) is 14.3. The first-order valence-electron chi connectivity index (χ1n) is 10.5. The molecular formula is C18H39BN6O2. The molecule has 0 bridgehead atoms. The van der Waals surface area contributed by atoms with Gasteiger partial charge in [-0.2, -0.15) is 0 Å². The summed E-state index contributed by atoms with van der Waals surface area (Å²) in [5, 5.41) is 25.9. The molecule has 1 saturated heterocycles. The maximum absolute atomic E-state index is 12.4. The highest BCUT2D eigenvalue weighted by molar-refractivity contribution is 6.45. The van der Waals surface area contributed by atoms with Crippen LogP contribution in [0.2, 0.25) is 6.82 Å². The monoisotopic (exact) mass is 382 g/mol. The summed E-state index contributed by atoms with van der Waals surface area (Å²) in [5.74, 6) is 1.40. The Labute approximate surface area is 164 Å². The second kappa shape index (κ2) is 10.6. The van der Waals surface area contributed by atoms with Gasteiger partial charge in [0.15, 0.2) is 0 Å². The molecule has 6 unspecified atom stereocenters. The van der Waals surface area contributed by atoms with E-state index in [1.807, 2.05) is 11.9 Å². The smallest absolute Gasteiger partial charge is 0.376 e. The first kappa shape index (κ1) is 22.4. The highest BCUT2D eigenvalue weighted by atomic mass is 16.2. The number of hydrogen-bond donors (Lipinski definition) is 6. The Morgan fingerprint density at radius 2 is 1.89 bits per heavy atom. The van der Waals surface area contributed by atoms with E-state index >= 15 is 0 Å². The molecule has 27 heavy (non-hydrogen) atoms. The molecule has 6 N–H and O–H groups in total. The van der Waals surface area contributed by atoms with E-state index in [-0.39, 0.29) is 24.5 Å². The van der Waals surface area contributed by atoms with Crippen molar-refractivity contribution in [1.82, 2.24) is 31.4 Å². The highest BCUT2D eigenvalue weighted by Crippen LogP contribution is 2.29. The molecule has 0 aromatic rings. The van der Waals surface area contributed by atoms with Crippen LogP contribution in [0.5, 0.6) is 0 Å². The Hall–Kier alpha value is -0.865. The fourth-order valence-corrected chi connectivity index (χ4v) is 3.89. The molecule has 2 amide bonds. The van der Waals surface area contributed by atoms with Crippen molar-refractivity contribution < 1.29 is 9.82 Å². The summed E-state index contributed by atoms with van der Waals surface area (Å²) in [6.07, 6.45) is 4.07. The molecule has 0 radical (unpaired) electrons. The van der Waals surface area contributed by atoms with Crippen LogP contribution >= 0.6 is 0 Å². The van der Waals surface area contributed by atoms with Gasteiger partial charge in [0.2, 0.25) is 0 Å². The molecule has 1 aliphatic carbocycles. The van der Waals surface area contributed by atoms with Gasteiger partial charge >= 0.3 is 13.1 Å². The lowest BCUT2D eigenvalue weighted by Crippen LogP contribution is -2.68. The number of amides is 2. The quantitative estimate of drug-likeness (QED) is 0.355. The van der Waals surface area contributed by atoms with Gasteiger partial charge in [0, 0.05) is 25.2 Å². The third-order valence-corrected chi connectivity index (χ3v) is 6.11. The molecule has 2 fully saturated rings. The first-order chi connectivity index (χ1) is 12.7. The van der Waals surface area contributed by atoms with E-state index in [0.29, 0.717) is 12.0 Å². The maximum Gasteiger partial charge on any atom is 0.376 e. The topological polar surface area (TPSA) is 101 Å². The SMILES string of the molecule is CB(O)N(C)CCNC1CC(C)NC(NC(=O)NC2CCC(C)C(C)C2)N1. The average Bonchev–Trinajstić information content (AvgIpc) is 2.57. The van der Waals surface area contributed by atoms with Gasteiger partial charge in [-0.15, -0.1) is 0 Å². The van der Waals surface area contributed by atoms with E-state index < -0.39 is 7.05 Å². The van der Waals surface area contributed by atoms with Gasteiger partial charge in [-0.3, -0.25) is 10.6 Å². The predicted molar refractivity (Wildman–Crippen MR) is 110 cm³/mol. The Balaban J connectivity index is 1.72. The number of nitrogens with one attached hydrogen (secondary N) is 5. The van der Waals surface area contributed by atoms with Gasteiger partial charge in [0.1, 0.15) is 6.29 Å². The molecule has 0 aromatic heterocycles. The van der Waals surface area contributed by atoms with Crippen molar-refractivity contribution in [3.63, 3.8) is 0 Å². The normalized spacial score (nSPS) is 34.3. The van der Waals surface area contributed by atoms with Crippen LogP contribution in [0, 0.1) is 11.8 Å². The van der Waals surface area contributed by atoms with Crippen LogP contribution in [0.3, 0.4) is 0 Å². The minimum atomic E-state index is -0.449. The van der Waals surface area contributed by atoms with Crippen molar-refractivity contribution in [2.75, 3.05) is 20.1 Å². The number of rotatable bonds is 7. The number of carbonyl (C=O) groups excluding carboxylic acids is 1. The minimum Gasteiger partial charge on any atom is -0.437 e. The van der Waals surface area contributed by atoms with Crippen LogP contribution in [-0.2, 0) is 0 Å². The Morgan fingerprint density at radius 1 is 1.15 bits per heavy atom. The van der Waals surface area contributed by atoms with Gasteiger partial charge in [0.25, 0.3) is 0 Å². The van der Waals surface area contributed by atoms with Crippen LogP contribution < -0.4 is 26.6 Å². The summed E-state index contributed by atoms with van der Waals surface area (Å²) >= 11 is 0. The molecule has 2 aliphatic rings. The number of carbonyl (C=O) groups is 1. The van der Waals surface area contributed by atoms with Crippen LogP contribution in [0.15, 0.2) is 0 Å². The predicted octanol–water partition coefficient (Wildman–Crippen LogP) is 0.323. The minimum absolute atomic E-state index is 0.115. The van der Waals surface area contributed by atoms with Crippen molar-refractivity contribution in [2.24, 2.45) is 11.8 Å². The van der Waals surface area contributed by atoms with E-state index in [1.54, 1.807) is 6.82 Å². The van der Waals surface area contributed by atoms with E-state index in [2.05, 4.69) is 47.4 Å². The van der Waals surface area contributed by atoms with Crippen molar-refractivity contribution >= 4 is 13.1 Å². The van der Waals surface area contributed by atoms with E-state index in [9.17, 15) is 9.82 Å². The summed E-state index contributed by atoms with van der Waals surface area (Å²) in [7, 11) is 1.45. The molecule has 0 spiro atoms. The van der Waals surface area contributed by atoms with E-state index in [0.717, 1.165) is 38.3 Å². The first-order valence-corrected chi connectivity index (χ1v) is 10.5. The third-order valence-electron chi connectivity index (χ3n) is 6.11. The van der Waals surface area contributed by atoms with Gasteiger partial charge < -0.3 is 25.8 Å². The van der Waals surface area contributed by atoms with E-state index in [1.165, 1.54) is 6.42 Å². The molecule has 156 valence electrons. The van der Waals surface area contributed by atoms with Crippen LogP contribution in [-0.4, -0.2) is 67.6 Å². The Morgan fingerprint density at radius 3 is 2.56 bits per heavy atom. The van der Waals surface area contributed by atoms with Crippen molar-refractivity contribution in [3.8, 4) is 0 Å². The Kier molecular flexibility index (Phi) is 8.82. The largest absolute Gasteiger partial charge is 0.437 e. The second-order valence-corrected chi connectivity index (χ2v) is 8.60. The number of nitrogens with zero attached hydrogens (tertiary/aromatic N) is 1. The molecule has 1 aliphatic heterocycles.